The van der Waals surface area contributed by atoms with E-state index in [0.717, 1.165) is 4.90 Å². The Hall–Kier alpha value is -3.03. The van der Waals surface area contributed by atoms with Gasteiger partial charge in [-0.05, 0) is 25.3 Å². The van der Waals surface area contributed by atoms with Crippen LogP contribution in [0.1, 0.15) is 18.4 Å². The number of nitro benzene ring substituents is 1. The van der Waals surface area contributed by atoms with E-state index in [4.69, 9.17) is 0 Å². The zero-order valence-electron chi connectivity index (χ0n) is 13.6. The summed E-state index contributed by atoms with van der Waals surface area (Å²) in [6.07, 6.45) is 4.78. The molecular formula is C17H17N3O5. The molecule has 2 aliphatic rings. The van der Waals surface area contributed by atoms with Crippen molar-refractivity contribution < 1.29 is 19.3 Å². The Balaban J connectivity index is 1.71. The van der Waals surface area contributed by atoms with Gasteiger partial charge in [0, 0.05) is 12.1 Å². The van der Waals surface area contributed by atoms with Gasteiger partial charge in [0.1, 0.15) is 6.54 Å². The van der Waals surface area contributed by atoms with Gasteiger partial charge in [0.2, 0.25) is 17.7 Å². The summed E-state index contributed by atoms with van der Waals surface area (Å²) in [5.74, 6) is -1.98. The third-order valence-electron chi connectivity index (χ3n) is 4.61. The number of imide groups is 1. The smallest absolute Gasteiger partial charge is 0.271 e. The first kappa shape index (κ1) is 16.8. The number of hydrogen-bond acceptors (Lipinski definition) is 5. The lowest BCUT2D eigenvalue weighted by Crippen LogP contribution is -2.38. The van der Waals surface area contributed by atoms with Gasteiger partial charge in [0.05, 0.1) is 22.4 Å². The minimum Gasteiger partial charge on any atom is -0.324 e. The average molecular weight is 343 g/mol. The molecule has 2 atom stereocenters. The lowest BCUT2D eigenvalue weighted by atomic mass is 9.85. The maximum atomic E-state index is 12.4. The molecule has 8 heteroatoms. The first-order chi connectivity index (χ1) is 11.9. The molecule has 1 fully saturated rings. The first-order valence-corrected chi connectivity index (χ1v) is 7.93. The van der Waals surface area contributed by atoms with Gasteiger partial charge in [-0.25, -0.2) is 0 Å². The number of amides is 3. The highest BCUT2D eigenvalue weighted by molar-refractivity contribution is 6.09. The lowest BCUT2D eigenvalue weighted by molar-refractivity contribution is -0.384. The van der Waals surface area contributed by atoms with Crippen LogP contribution in [0.4, 0.5) is 11.4 Å². The summed E-state index contributed by atoms with van der Waals surface area (Å²) in [6, 6.07) is 4.13. The Kier molecular flexibility index (Phi) is 4.35. The molecule has 130 valence electrons. The van der Waals surface area contributed by atoms with Crippen molar-refractivity contribution in [3.05, 3.63) is 46.0 Å². The molecular weight excluding hydrogens is 326 g/mol. The van der Waals surface area contributed by atoms with Gasteiger partial charge in [0.15, 0.2) is 0 Å². The number of non-ortho nitro benzene ring substituents is 1. The first-order valence-electron chi connectivity index (χ1n) is 7.93. The van der Waals surface area contributed by atoms with Gasteiger partial charge >= 0.3 is 0 Å². The molecule has 0 unspecified atom stereocenters. The predicted molar refractivity (Wildman–Crippen MR) is 88.5 cm³/mol. The topological polar surface area (TPSA) is 110 Å². The zero-order valence-corrected chi connectivity index (χ0v) is 13.6. The fraction of sp³-hybridized carbons (Fsp3) is 0.353. The molecule has 1 aromatic carbocycles. The monoisotopic (exact) mass is 343 g/mol. The summed E-state index contributed by atoms with van der Waals surface area (Å²) in [5, 5.41) is 13.4. The van der Waals surface area contributed by atoms with Crippen molar-refractivity contribution in [1.29, 1.82) is 0 Å². The maximum absolute atomic E-state index is 12.4. The number of fused-ring (bicyclic) bond motifs is 1. The summed E-state index contributed by atoms with van der Waals surface area (Å²) in [6.45, 7) is 1.32. The number of carbonyl (C=O) groups excluding carboxylic acids is 3. The van der Waals surface area contributed by atoms with E-state index in [-0.39, 0.29) is 41.6 Å². The molecule has 1 N–H and O–H groups in total. The lowest BCUT2D eigenvalue weighted by Gasteiger charge is -2.15. The van der Waals surface area contributed by atoms with Crippen molar-refractivity contribution in [2.75, 3.05) is 11.9 Å². The number of nitrogens with zero attached hydrogens (tertiary/aromatic N) is 2. The Morgan fingerprint density at radius 3 is 2.40 bits per heavy atom. The number of likely N-dealkylation sites (tertiary alicyclic amines) is 1. The van der Waals surface area contributed by atoms with Gasteiger partial charge in [0.25, 0.3) is 5.69 Å². The number of anilines is 1. The number of benzene rings is 1. The number of nitrogens with one attached hydrogen (secondary N) is 1. The normalized spacial score (nSPS) is 22.0. The highest BCUT2D eigenvalue weighted by atomic mass is 16.6. The van der Waals surface area contributed by atoms with Crippen LogP contribution in [0.15, 0.2) is 30.4 Å². The molecule has 0 spiro atoms. The number of hydrogen-bond donors (Lipinski definition) is 1. The van der Waals surface area contributed by atoms with Crippen LogP contribution in [-0.4, -0.2) is 34.1 Å². The fourth-order valence-electron chi connectivity index (χ4n) is 3.22. The number of carbonyl (C=O) groups is 3. The minimum atomic E-state index is -0.558. The van der Waals surface area contributed by atoms with E-state index in [1.165, 1.54) is 18.2 Å². The fourth-order valence-corrected chi connectivity index (χ4v) is 3.22. The molecule has 8 nitrogen and oxygen atoms in total. The van der Waals surface area contributed by atoms with Crippen LogP contribution in [-0.2, 0) is 14.4 Å². The van der Waals surface area contributed by atoms with Crippen molar-refractivity contribution in [2.24, 2.45) is 11.8 Å². The molecule has 0 saturated carbocycles. The summed E-state index contributed by atoms with van der Waals surface area (Å²) in [7, 11) is 0. The van der Waals surface area contributed by atoms with Gasteiger partial charge < -0.3 is 5.32 Å². The standard InChI is InChI=1S/C17H17N3O5/c1-10-6-7-11(20(24)25)8-14(10)18-15(21)9-19-16(22)12-4-2-3-5-13(12)17(19)23/h2-3,6-8,12-13H,4-5,9H2,1H3,(H,18,21)/t12-,13+. The van der Waals surface area contributed by atoms with E-state index in [1.54, 1.807) is 6.92 Å². The quantitative estimate of drug-likeness (QED) is 0.388. The van der Waals surface area contributed by atoms with Crippen LogP contribution in [0, 0.1) is 28.9 Å². The molecule has 1 saturated heterocycles. The summed E-state index contributed by atoms with van der Waals surface area (Å²) in [5.41, 5.74) is 0.791. The van der Waals surface area contributed by atoms with E-state index in [1.807, 2.05) is 12.2 Å². The highest BCUT2D eigenvalue weighted by Crippen LogP contribution is 2.34. The maximum Gasteiger partial charge on any atom is 0.271 e. The third kappa shape index (κ3) is 3.15. The number of aryl methyl sites for hydroxylation is 1. The minimum absolute atomic E-state index is 0.147. The van der Waals surface area contributed by atoms with Crippen molar-refractivity contribution in [1.82, 2.24) is 4.90 Å². The van der Waals surface area contributed by atoms with Crippen molar-refractivity contribution in [3.63, 3.8) is 0 Å². The van der Waals surface area contributed by atoms with E-state index >= 15 is 0 Å². The third-order valence-corrected chi connectivity index (χ3v) is 4.61. The van der Waals surface area contributed by atoms with E-state index in [2.05, 4.69) is 5.32 Å². The molecule has 1 aliphatic heterocycles. The molecule has 1 aromatic rings. The van der Waals surface area contributed by atoms with E-state index in [0.29, 0.717) is 18.4 Å². The Morgan fingerprint density at radius 1 is 1.24 bits per heavy atom. The number of rotatable bonds is 4. The SMILES string of the molecule is Cc1ccc([N+](=O)[O-])cc1NC(=O)CN1C(=O)[C@H]2CC=CC[C@H]2C1=O. The van der Waals surface area contributed by atoms with E-state index in [9.17, 15) is 24.5 Å². The van der Waals surface area contributed by atoms with Crippen LogP contribution >= 0.6 is 0 Å². The zero-order chi connectivity index (χ0) is 18.1. The van der Waals surface area contributed by atoms with Gasteiger partial charge in [-0.2, -0.15) is 0 Å². The Morgan fingerprint density at radius 2 is 1.84 bits per heavy atom. The highest BCUT2D eigenvalue weighted by Gasteiger charge is 2.47. The predicted octanol–water partition coefficient (Wildman–Crippen LogP) is 1.79. The van der Waals surface area contributed by atoms with Crippen molar-refractivity contribution in [3.8, 4) is 0 Å². The largest absolute Gasteiger partial charge is 0.324 e. The summed E-state index contributed by atoms with van der Waals surface area (Å²) < 4.78 is 0. The average Bonchev–Trinajstić information content (AvgIpc) is 2.82. The van der Waals surface area contributed by atoms with Crippen LogP contribution in [0.3, 0.4) is 0 Å². The number of nitro groups is 1. The summed E-state index contributed by atoms with van der Waals surface area (Å²) in [4.78, 5) is 48.2. The van der Waals surface area contributed by atoms with Crippen LogP contribution in [0.25, 0.3) is 0 Å². The molecule has 3 amide bonds. The van der Waals surface area contributed by atoms with Crippen molar-refractivity contribution in [2.45, 2.75) is 19.8 Å². The Labute approximate surface area is 143 Å². The summed E-state index contributed by atoms with van der Waals surface area (Å²) >= 11 is 0. The van der Waals surface area contributed by atoms with Gasteiger partial charge in [-0.1, -0.05) is 18.2 Å². The second-order valence-electron chi connectivity index (χ2n) is 6.22. The second-order valence-corrected chi connectivity index (χ2v) is 6.22. The van der Waals surface area contributed by atoms with Gasteiger partial charge in [-0.15, -0.1) is 0 Å². The molecule has 0 radical (unpaired) electrons. The molecule has 3 rings (SSSR count). The molecule has 1 aliphatic carbocycles. The molecule has 0 aromatic heterocycles. The van der Waals surface area contributed by atoms with Crippen LogP contribution in [0.2, 0.25) is 0 Å². The van der Waals surface area contributed by atoms with E-state index < -0.39 is 10.8 Å². The van der Waals surface area contributed by atoms with Crippen LogP contribution in [0.5, 0.6) is 0 Å². The second kappa shape index (κ2) is 6.46. The molecule has 1 heterocycles. The Bertz CT molecular complexity index is 775. The van der Waals surface area contributed by atoms with Gasteiger partial charge in [-0.3, -0.25) is 29.4 Å². The van der Waals surface area contributed by atoms with Crippen LogP contribution < -0.4 is 5.32 Å². The molecule has 25 heavy (non-hydrogen) atoms. The van der Waals surface area contributed by atoms with Crippen molar-refractivity contribution >= 4 is 29.1 Å². The number of allylic oxidation sites excluding steroid dienone is 2. The molecule has 0 bridgehead atoms.